The minimum atomic E-state index is -0.384. The second kappa shape index (κ2) is 9.83. The van der Waals surface area contributed by atoms with E-state index in [1.807, 2.05) is 58.0 Å². The molecule has 1 atom stereocenters. The summed E-state index contributed by atoms with van der Waals surface area (Å²) in [4.78, 5) is 23.9. The van der Waals surface area contributed by atoms with Gasteiger partial charge in [-0.1, -0.05) is 39.0 Å². The molecule has 0 unspecified atom stereocenters. The van der Waals surface area contributed by atoms with Crippen molar-refractivity contribution in [2.45, 2.75) is 40.2 Å². The first kappa shape index (κ1) is 24.6. The normalized spacial score (nSPS) is 15.9. The molecule has 7 nitrogen and oxygen atoms in total. The summed E-state index contributed by atoms with van der Waals surface area (Å²) in [6.45, 7) is 9.87. The van der Waals surface area contributed by atoms with Gasteiger partial charge in [0.05, 0.1) is 23.7 Å². The smallest absolute Gasteiger partial charge is 0.407 e. The Balaban J connectivity index is 0.00000306. The van der Waals surface area contributed by atoms with Crippen molar-refractivity contribution in [2.24, 2.45) is 5.41 Å². The highest BCUT2D eigenvalue weighted by atomic mass is 35.5. The summed E-state index contributed by atoms with van der Waals surface area (Å²) in [5, 5.41) is 14.3. The second-order valence-corrected chi connectivity index (χ2v) is 9.62. The van der Waals surface area contributed by atoms with Crippen LogP contribution in [0.25, 0.3) is 22.3 Å². The van der Waals surface area contributed by atoms with Crippen molar-refractivity contribution in [2.75, 3.05) is 24.6 Å². The molecule has 1 fully saturated rings. The first-order valence-electron chi connectivity index (χ1n) is 10.9. The number of phenols is 1. The number of halogens is 1. The monoisotopic (exact) mass is 470 g/mol. The molecule has 176 valence electrons. The van der Waals surface area contributed by atoms with E-state index in [0.717, 1.165) is 35.2 Å². The van der Waals surface area contributed by atoms with Crippen LogP contribution in [0.1, 0.15) is 32.8 Å². The number of carbonyl (C=O) groups excluding carboxylic acids is 1. The summed E-state index contributed by atoms with van der Waals surface area (Å²) in [5.74, 6) is 1.44. The van der Waals surface area contributed by atoms with Crippen LogP contribution in [0, 0.1) is 12.3 Å². The van der Waals surface area contributed by atoms with Crippen molar-refractivity contribution in [1.82, 2.24) is 15.3 Å². The fourth-order valence-corrected chi connectivity index (χ4v) is 3.81. The van der Waals surface area contributed by atoms with E-state index in [-0.39, 0.29) is 35.7 Å². The van der Waals surface area contributed by atoms with E-state index in [4.69, 9.17) is 14.7 Å². The number of alkyl carbamates (subject to hydrolysis) is 1. The van der Waals surface area contributed by atoms with Crippen molar-refractivity contribution >= 4 is 35.2 Å². The highest BCUT2D eigenvalue weighted by molar-refractivity contribution is 5.92. The van der Waals surface area contributed by atoms with Crippen molar-refractivity contribution in [1.29, 1.82) is 0 Å². The quantitative estimate of drug-likeness (QED) is 0.552. The minimum absolute atomic E-state index is 0. The highest BCUT2D eigenvalue weighted by Gasteiger charge is 2.28. The lowest BCUT2D eigenvalue weighted by Crippen LogP contribution is -2.38. The van der Waals surface area contributed by atoms with Gasteiger partial charge in [-0.15, -0.1) is 12.4 Å². The van der Waals surface area contributed by atoms with Gasteiger partial charge in [-0.05, 0) is 48.6 Å². The average molecular weight is 471 g/mol. The van der Waals surface area contributed by atoms with Crippen LogP contribution in [0.15, 0.2) is 42.5 Å². The van der Waals surface area contributed by atoms with Gasteiger partial charge < -0.3 is 20.1 Å². The maximum absolute atomic E-state index is 12.2. The number of hydrogen-bond acceptors (Lipinski definition) is 6. The Morgan fingerprint density at radius 3 is 2.70 bits per heavy atom. The van der Waals surface area contributed by atoms with Gasteiger partial charge in [0.1, 0.15) is 11.6 Å². The Morgan fingerprint density at radius 1 is 1.21 bits per heavy atom. The molecule has 1 aromatic heterocycles. The van der Waals surface area contributed by atoms with Crippen LogP contribution in [-0.2, 0) is 4.74 Å². The Kier molecular flexibility index (Phi) is 7.32. The van der Waals surface area contributed by atoms with E-state index < -0.39 is 0 Å². The number of aryl methyl sites for hydroxylation is 1. The number of aromatic hydroxyl groups is 1. The molecule has 2 N–H and O–H groups in total. The van der Waals surface area contributed by atoms with Gasteiger partial charge in [0, 0.05) is 18.5 Å². The zero-order valence-electron chi connectivity index (χ0n) is 19.5. The standard InChI is InChI=1S/C25H30N4O3.ClH/c1-16-9-10-18-20(13-16)27-22(19-7-5-6-8-21(19)30)28-23(18)29-12-11-17(14-29)26-24(31)32-15-25(2,3)4;/h5-10,13,17,30H,11-12,14-15H2,1-4H3,(H,26,31);1H/t17-;/m1./s1. The molecule has 2 aromatic carbocycles. The van der Waals surface area contributed by atoms with Crippen LogP contribution in [0.4, 0.5) is 10.6 Å². The summed E-state index contributed by atoms with van der Waals surface area (Å²) in [6, 6.07) is 13.2. The molecule has 33 heavy (non-hydrogen) atoms. The molecule has 1 aliphatic heterocycles. The third-order valence-electron chi connectivity index (χ3n) is 5.42. The van der Waals surface area contributed by atoms with Gasteiger partial charge in [0.15, 0.2) is 5.82 Å². The van der Waals surface area contributed by atoms with Crippen LogP contribution >= 0.6 is 12.4 Å². The molecular weight excluding hydrogens is 440 g/mol. The molecule has 0 bridgehead atoms. The molecule has 1 saturated heterocycles. The maximum atomic E-state index is 12.2. The third-order valence-corrected chi connectivity index (χ3v) is 5.42. The van der Waals surface area contributed by atoms with Gasteiger partial charge >= 0.3 is 6.09 Å². The number of rotatable bonds is 4. The molecule has 8 heteroatoms. The number of para-hydroxylation sites is 1. The number of amides is 1. The van der Waals surface area contributed by atoms with E-state index in [2.05, 4.69) is 10.2 Å². The molecule has 1 aliphatic rings. The fourth-order valence-electron chi connectivity index (χ4n) is 3.81. The van der Waals surface area contributed by atoms with Gasteiger partial charge in [0.2, 0.25) is 0 Å². The first-order chi connectivity index (χ1) is 15.2. The Bertz CT molecular complexity index is 1150. The van der Waals surface area contributed by atoms with Crippen molar-refractivity contribution in [3.05, 3.63) is 48.0 Å². The lowest BCUT2D eigenvalue weighted by Gasteiger charge is -2.21. The third kappa shape index (κ3) is 5.85. The number of aromatic nitrogens is 2. The predicted octanol–water partition coefficient (Wildman–Crippen LogP) is 5.08. The van der Waals surface area contributed by atoms with Crippen molar-refractivity contribution < 1.29 is 14.6 Å². The predicted molar refractivity (Wildman–Crippen MR) is 133 cm³/mol. The Labute approximate surface area is 200 Å². The van der Waals surface area contributed by atoms with Crippen LogP contribution < -0.4 is 10.2 Å². The summed E-state index contributed by atoms with van der Waals surface area (Å²) in [7, 11) is 0. The van der Waals surface area contributed by atoms with Crippen LogP contribution in [-0.4, -0.2) is 46.9 Å². The summed E-state index contributed by atoms with van der Waals surface area (Å²) >= 11 is 0. The number of benzene rings is 2. The number of nitrogens with one attached hydrogen (secondary N) is 1. The maximum Gasteiger partial charge on any atom is 0.407 e. The number of ether oxygens (including phenoxy) is 1. The van der Waals surface area contributed by atoms with E-state index in [0.29, 0.717) is 24.5 Å². The molecule has 4 rings (SSSR count). The van der Waals surface area contributed by atoms with Gasteiger partial charge in [0.25, 0.3) is 0 Å². The lowest BCUT2D eigenvalue weighted by molar-refractivity contribution is 0.104. The van der Waals surface area contributed by atoms with Gasteiger partial charge in [-0.2, -0.15) is 0 Å². The highest BCUT2D eigenvalue weighted by Crippen LogP contribution is 2.33. The number of anilines is 1. The topological polar surface area (TPSA) is 87.6 Å². The van der Waals surface area contributed by atoms with Gasteiger partial charge in [-0.25, -0.2) is 14.8 Å². The summed E-state index contributed by atoms with van der Waals surface area (Å²) < 4.78 is 5.36. The zero-order valence-corrected chi connectivity index (χ0v) is 20.3. The molecule has 0 spiro atoms. The molecule has 3 aromatic rings. The summed E-state index contributed by atoms with van der Waals surface area (Å²) in [5.41, 5.74) is 2.45. The number of hydrogen-bond donors (Lipinski definition) is 2. The first-order valence-corrected chi connectivity index (χ1v) is 10.9. The van der Waals surface area contributed by atoms with Crippen LogP contribution in [0.5, 0.6) is 5.75 Å². The molecule has 1 amide bonds. The SMILES string of the molecule is Cc1ccc2c(N3CC[C@@H](NC(=O)OCC(C)(C)C)C3)nc(-c3ccccc3O)nc2c1.Cl. The number of fused-ring (bicyclic) bond motifs is 1. The number of phenolic OH excluding ortho intramolecular Hbond substituents is 1. The number of nitrogens with zero attached hydrogens (tertiary/aromatic N) is 3. The van der Waals surface area contributed by atoms with Crippen molar-refractivity contribution in [3.8, 4) is 17.1 Å². The molecule has 2 heterocycles. The Hall–Kier alpha value is -3.06. The number of carbonyl (C=O) groups is 1. The van der Waals surface area contributed by atoms with Crippen LogP contribution in [0.3, 0.4) is 0 Å². The lowest BCUT2D eigenvalue weighted by atomic mass is 9.99. The fraction of sp³-hybridized carbons (Fsp3) is 0.400. The molecule has 0 saturated carbocycles. The molecule has 0 aliphatic carbocycles. The van der Waals surface area contributed by atoms with Gasteiger partial charge in [-0.3, -0.25) is 0 Å². The largest absolute Gasteiger partial charge is 0.507 e. The van der Waals surface area contributed by atoms with Crippen molar-refractivity contribution in [3.63, 3.8) is 0 Å². The molecule has 0 radical (unpaired) electrons. The average Bonchev–Trinajstić information content (AvgIpc) is 3.19. The van der Waals surface area contributed by atoms with E-state index in [9.17, 15) is 9.90 Å². The minimum Gasteiger partial charge on any atom is -0.507 e. The van der Waals surface area contributed by atoms with Crippen LogP contribution in [0.2, 0.25) is 0 Å². The second-order valence-electron chi connectivity index (χ2n) is 9.62. The van der Waals surface area contributed by atoms with E-state index in [1.54, 1.807) is 12.1 Å². The summed E-state index contributed by atoms with van der Waals surface area (Å²) in [6.07, 6.45) is 0.415. The Morgan fingerprint density at radius 2 is 1.97 bits per heavy atom. The van der Waals surface area contributed by atoms with E-state index in [1.165, 1.54) is 0 Å². The van der Waals surface area contributed by atoms with E-state index >= 15 is 0 Å². The zero-order chi connectivity index (χ0) is 22.9. The molecular formula is C25H31ClN4O3.